The number of rotatable bonds is 2. The monoisotopic (exact) mass is 267 g/mol. The molecule has 0 fully saturated rings. The van der Waals surface area contributed by atoms with Crippen LogP contribution < -0.4 is 0 Å². The van der Waals surface area contributed by atoms with Gasteiger partial charge in [-0.1, -0.05) is 18.2 Å². The highest BCUT2D eigenvalue weighted by molar-refractivity contribution is 7.99. The van der Waals surface area contributed by atoms with E-state index in [4.69, 9.17) is 0 Å². The summed E-state index contributed by atoms with van der Waals surface area (Å²) >= 11 is 1.39. The molecule has 0 aliphatic heterocycles. The highest BCUT2D eigenvalue weighted by Gasteiger charge is 2.09. The summed E-state index contributed by atoms with van der Waals surface area (Å²) in [5.41, 5.74) is 1.43. The molecule has 0 saturated carbocycles. The number of aromatic nitrogens is 4. The van der Waals surface area contributed by atoms with Gasteiger partial charge in [-0.25, -0.2) is 4.98 Å². The van der Waals surface area contributed by atoms with Crippen LogP contribution in [0.15, 0.2) is 46.8 Å². The Morgan fingerprint density at radius 1 is 1.32 bits per heavy atom. The van der Waals surface area contributed by atoms with Gasteiger partial charge in [0.25, 0.3) is 0 Å². The Labute approximate surface area is 113 Å². The molecule has 0 amide bonds. The summed E-state index contributed by atoms with van der Waals surface area (Å²) in [6.45, 7) is 0. The maximum atomic E-state index is 9.22. The number of nitriles is 1. The molecule has 6 heteroatoms. The van der Waals surface area contributed by atoms with Crippen LogP contribution in [0.25, 0.3) is 10.9 Å². The fourth-order valence-electron chi connectivity index (χ4n) is 1.75. The highest BCUT2D eigenvalue weighted by Crippen LogP contribution is 2.27. The number of benzene rings is 1. The quantitative estimate of drug-likeness (QED) is 0.713. The normalized spacial score (nSPS) is 10.5. The van der Waals surface area contributed by atoms with Crippen molar-refractivity contribution in [2.75, 3.05) is 0 Å². The minimum Gasteiger partial charge on any atom is -0.311 e. The summed E-state index contributed by atoms with van der Waals surface area (Å²) < 4.78 is 1.81. The Morgan fingerprint density at radius 2 is 2.16 bits per heavy atom. The van der Waals surface area contributed by atoms with Crippen molar-refractivity contribution in [2.45, 2.75) is 10.2 Å². The third-order valence-corrected chi connectivity index (χ3v) is 3.65. The van der Waals surface area contributed by atoms with E-state index in [9.17, 15) is 5.26 Å². The van der Waals surface area contributed by atoms with Crippen molar-refractivity contribution in [3.63, 3.8) is 0 Å². The Bertz CT molecular complexity index is 787. The molecule has 3 aromatic rings. The first-order chi connectivity index (χ1) is 9.28. The van der Waals surface area contributed by atoms with Crippen LogP contribution in [0.5, 0.6) is 0 Å². The van der Waals surface area contributed by atoms with Crippen molar-refractivity contribution in [1.29, 1.82) is 5.26 Å². The molecule has 0 aliphatic carbocycles. The molecule has 0 unspecified atom stereocenters. The van der Waals surface area contributed by atoms with Gasteiger partial charge in [0.1, 0.15) is 11.4 Å². The minimum atomic E-state index is 0.621. The van der Waals surface area contributed by atoms with E-state index in [-0.39, 0.29) is 0 Å². The van der Waals surface area contributed by atoms with E-state index in [0.717, 1.165) is 21.1 Å². The van der Waals surface area contributed by atoms with E-state index < -0.39 is 0 Å². The van der Waals surface area contributed by atoms with Crippen LogP contribution in [0, 0.1) is 11.3 Å². The van der Waals surface area contributed by atoms with E-state index >= 15 is 0 Å². The van der Waals surface area contributed by atoms with Crippen LogP contribution >= 0.6 is 11.8 Å². The van der Waals surface area contributed by atoms with Crippen molar-refractivity contribution in [1.82, 2.24) is 19.7 Å². The van der Waals surface area contributed by atoms with Crippen molar-refractivity contribution < 1.29 is 0 Å². The third kappa shape index (κ3) is 2.16. The molecular weight excluding hydrogens is 258 g/mol. The number of hydrogen-bond donors (Lipinski definition) is 0. The zero-order valence-electron chi connectivity index (χ0n) is 10.1. The smallest absolute Gasteiger partial charge is 0.197 e. The maximum Gasteiger partial charge on any atom is 0.197 e. The van der Waals surface area contributed by atoms with Crippen molar-refractivity contribution in [2.24, 2.45) is 7.05 Å². The summed E-state index contributed by atoms with van der Waals surface area (Å²) in [5, 5.41) is 19.4. The van der Waals surface area contributed by atoms with Gasteiger partial charge in [0.15, 0.2) is 5.16 Å². The van der Waals surface area contributed by atoms with Crippen LogP contribution in [-0.2, 0) is 7.05 Å². The first-order valence-corrected chi connectivity index (χ1v) is 6.41. The van der Waals surface area contributed by atoms with Gasteiger partial charge in [0.2, 0.25) is 0 Å². The second-order valence-electron chi connectivity index (χ2n) is 3.96. The summed E-state index contributed by atoms with van der Waals surface area (Å²) in [4.78, 5) is 4.53. The van der Waals surface area contributed by atoms with Crippen molar-refractivity contribution in [3.05, 3.63) is 42.2 Å². The van der Waals surface area contributed by atoms with E-state index in [1.165, 1.54) is 11.8 Å². The summed E-state index contributed by atoms with van der Waals surface area (Å²) in [7, 11) is 1.87. The van der Waals surface area contributed by atoms with E-state index in [1.807, 2.05) is 35.9 Å². The Morgan fingerprint density at radius 3 is 2.89 bits per heavy atom. The minimum absolute atomic E-state index is 0.621. The largest absolute Gasteiger partial charge is 0.311 e. The zero-order chi connectivity index (χ0) is 13.2. The van der Waals surface area contributed by atoms with Gasteiger partial charge in [0, 0.05) is 12.4 Å². The molecule has 0 spiro atoms. The topological polar surface area (TPSA) is 67.4 Å². The van der Waals surface area contributed by atoms with E-state index in [2.05, 4.69) is 21.3 Å². The standard InChI is InChI=1S/C13H9N5S/c1-18-8-15-17-13(18)19-12-6-9(7-14)10-4-2-3-5-11(10)16-12/h2-6,8H,1H3. The lowest BCUT2D eigenvalue weighted by Gasteiger charge is -2.04. The second-order valence-corrected chi connectivity index (χ2v) is 4.95. The molecule has 92 valence electrons. The first-order valence-electron chi connectivity index (χ1n) is 5.59. The molecule has 0 atom stereocenters. The van der Waals surface area contributed by atoms with Crippen LogP contribution in [0.2, 0.25) is 0 Å². The van der Waals surface area contributed by atoms with E-state index in [1.54, 1.807) is 12.4 Å². The molecule has 0 radical (unpaired) electrons. The lowest BCUT2D eigenvalue weighted by molar-refractivity contribution is 0.787. The van der Waals surface area contributed by atoms with Gasteiger partial charge in [0.05, 0.1) is 17.1 Å². The zero-order valence-corrected chi connectivity index (χ0v) is 10.9. The molecule has 2 aromatic heterocycles. The van der Waals surface area contributed by atoms with Crippen LogP contribution in [0.1, 0.15) is 5.56 Å². The van der Waals surface area contributed by atoms with Gasteiger partial charge in [-0.3, -0.25) is 0 Å². The number of aryl methyl sites for hydroxylation is 1. The fraction of sp³-hybridized carbons (Fsp3) is 0.0769. The first kappa shape index (κ1) is 11.7. The average Bonchev–Trinajstić information content (AvgIpc) is 2.83. The predicted molar refractivity (Wildman–Crippen MR) is 71.6 cm³/mol. The molecule has 1 aromatic carbocycles. The molecule has 3 rings (SSSR count). The molecule has 0 aliphatic rings. The maximum absolute atomic E-state index is 9.22. The summed E-state index contributed by atoms with van der Waals surface area (Å²) in [6, 6.07) is 11.6. The molecular formula is C13H9N5S. The lowest BCUT2D eigenvalue weighted by Crippen LogP contribution is -1.91. The molecule has 5 nitrogen and oxygen atoms in total. The van der Waals surface area contributed by atoms with Gasteiger partial charge >= 0.3 is 0 Å². The van der Waals surface area contributed by atoms with Crippen molar-refractivity contribution in [3.8, 4) is 6.07 Å². The van der Waals surface area contributed by atoms with Crippen LogP contribution in [0.4, 0.5) is 0 Å². The summed E-state index contributed by atoms with van der Waals surface area (Å²) in [5.74, 6) is 0. The van der Waals surface area contributed by atoms with E-state index in [0.29, 0.717) is 5.56 Å². The van der Waals surface area contributed by atoms with Crippen molar-refractivity contribution >= 4 is 22.7 Å². The number of nitrogens with zero attached hydrogens (tertiary/aromatic N) is 5. The Hall–Kier alpha value is -2.39. The molecule has 0 bridgehead atoms. The number of hydrogen-bond acceptors (Lipinski definition) is 5. The third-order valence-electron chi connectivity index (χ3n) is 2.68. The second kappa shape index (κ2) is 4.71. The lowest BCUT2D eigenvalue weighted by atomic mass is 10.1. The van der Waals surface area contributed by atoms with Crippen LogP contribution in [-0.4, -0.2) is 19.7 Å². The van der Waals surface area contributed by atoms with Gasteiger partial charge in [-0.05, 0) is 23.9 Å². The highest BCUT2D eigenvalue weighted by atomic mass is 32.2. The van der Waals surface area contributed by atoms with Crippen LogP contribution in [0.3, 0.4) is 0 Å². The summed E-state index contributed by atoms with van der Waals surface area (Å²) in [6.07, 6.45) is 1.63. The molecule has 2 heterocycles. The average molecular weight is 267 g/mol. The fourth-order valence-corrected chi connectivity index (χ4v) is 2.54. The van der Waals surface area contributed by atoms with Gasteiger partial charge < -0.3 is 4.57 Å². The SMILES string of the molecule is Cn1cnnc1Sc1cc(C#N)c2ccccc2n1. The number of fused-ring (bicyclic) bond motifs is 1. The Balaban J connectivity index is 2.10. The molecule has 0 N–H and O–H groups in total. The molecule has 19 heavy (non-hydrogen) atoms. The molecule has 0 saturated heterocycles. The number of pyridine rings is 1. The Kier molecular flexibility index (Phi) is 2.89. The predicted octanol–water partition coefficient (Wildman–Crippen LogP) is 2.39. The number of para-hydroxylation sites is 1. The van der Waals surface area contributed by atoms with Gasteiger partial charge in [-0.2, -0.15) is 5.26 Å². The van der Waals surface area contributed by atoms with Gasteiger partial charge in [-0.15, -0.1) is 10.2 Å².